The Kier molecular flexibility index (Phi) is 5.10. The number of para-hydroxylation sites is 3. The second-order valence-corrected chi connectivity index (χ2v) is 8.87. The fourth-order valence-electron chi connectivity index (χ4n) is 5.15. The molecule has 5 nitrogen and oxygen atoms in total. The van der Waals surface area contributed by atoms with E-state index in [-0.39, 0.29) is 6.17 Å². The van der Waals surface area contributed by atoms with Crippen LogP contribution in [0.4, 0.5) is 11.6 Å². The second kappa shape index (κ2) is 8.44. The quantitative estimate of drug-likeness (QED) is 0.280. The van der Waals surface area contributed by atoms with Crippen molar-refractivity contribution in [3.63, 3.8) is 0 Å². The molecule has 0 N–H and O–H groups in total. The minimum atomic E-state index is -0.0407. The van der Waals surface area contributed by atoms with Crippen LogP contribution in [0, 0.1) is 0 Å². The maximum absolute atomic E-state index is 4.97. The van der Waals surface area contributed by atoms with E-state index in [1.54, 1.807) is 0 Å². The number of rotatable bonds is 6. The van der Waals surface area contributed by atoms with Crippen LogP contribution in [0.25, 0.3) is 38.9 Å². The van der Waals surface area contributed by atoms with Crippen molar-refractivity contribution in [3.05, 3.63) is 104 Å². The number of benzene rings is 3. The predicted molar refractivity (Wildman–Crippen MR) is 148 cm³/mol. The molecule has 6 rings (SSSR count). The molecular weight excluding hydrogens is 430 g/mol. The van der Waals surface area contributed by atoms with Gasteiger partial charge < -0.3 is 14.4 Å². The fourth-order valence-corrected chi connectivity index (χ4v) is 5.15. The van der Waals surface area contributed by atoms with Crippen molar-refractivity contribution in [1.82, 2.24) is 14.5 Å². The third-order valence-electron chi connectivity index (χ3n) is 6.77. The van der Waals surface area contributed by atoms with E-state index >= 15 is 0 Å². The normalized spacial score (nSPS) is 14.0. The van der Waals surface area contributed by atoms with Gasteiger partial charge in [0.2, 0.25) is 0 Å². The van der Waals surface area contributed by atoms with Crippen molar-refractivity contribution >= 4 is 50.6 Å². The SMILES string of the molecule is C=CCN1c2nc3ccccc3nc2N(CC=C)C1C=Cc1ccc2c(c1)c1ccccc1n2C. The zero-order valence-corrected chi connectivity index (χ0v) is 19.8. The molecule has 0 radical (unpaired) electrons. The fraction of sp³-hybridized carbons (Fsp3) is 0.133. The van der Waals surface area contributed by atoms with Gasteiger partial charge in [0.1, 0.15) is 6.17 Å². The van der Waals surface area contributed by atoms with E-state index < -0.39 is 0 Å². The highest BCUT2D eigenvalue weighted by Gasteiger charge is 2.36. The molecule has 2 aromatic heterocycles. The summed E-state index contributed by atoms with van der Waals surface area (Å²) in [5.74, 6) is 1.76. The van der Waals surface area contributed by atoms with Gasteiger partial charge in [0.05, 0.1) is 11.0 Å². The lowest BCUT2D eigenvalue weighted by molar-refractivity contribution is 0.719. The molecule has 0 saturated carbocycles. The van der Waals surface area contributed by atoms with Gasteiger partial charge in [0.25, 0.3) is 0 Å². The van der Waals surface area contributed by atoms with Gasteiger partial charge in [0, 0.05) is 41.9 Å². The molecular formula is C30H27N5. The molecule has 1 aliphatic rings. The number of aryl methyl sites for hydroxylation is 1. The number of aromatic nitrogens is 3. The highest BCUT2D eigenvalue weighted by Crippen LogP contribution is 2.38. The first-order chi connectivity index (χ1) is 17.2. The Bertz CT molecular complexity index is 1570. The summed E-state index contributed by atoms with van der Waals surface area (Å²) in [4.78, 5) is 14.4. The van der Waals surface area contributed by atoms with Gasteiger partial charge in [-0.3, -0.25) is 0 Å². The topological polar surface area (TPSA) is 37.2 Å². The number of hydrogen-bond acceptors (Lipinski definition) is 4. The van der Waals surface area contributed by atoms with Crippen LogP contribution in [-0.2, 0) is 7.05 Å². The summed E-state index contributed by atoms with van der Waals surface area (Å²) >= 11 is 0. The second-order valence-electron chi connectivity index (χ2n) is 8.87. The van der Waals surface area contributed by atoms with Crippen LogP contribution in [0.15, 0.2) is 98.1 Å². The number of nitrogens with zero attached hydrogens (tertiary/aromatic N) is 5. The summed E-state index contributed by atoms with van der Waals surface area (Å²) < 4.78 is 2.26. The summed E-state index contributed by atoms with van der Waals surface area (Å²) in [6, 6.07) is 23.2. The molecule has 0 saturated heterocycles. The van der Waals surface area contributed by atoms with Crippen LogP contribution < -0.4 is 9.80 Å². The molecule has 0 spiro atoms. The molecule has 0 fully saturated rings. The molecule has 3 aromatic carbocycles. The van der Waals surface area contributed by atoms with E-state index in [2.05, 4.69) is 89.2 Å². The largest absolute Gasteiger partial charge is 0.344 e. The van der Waals surface area contributed by atoms with E-state index in [1.165, 1.54) is 21.8 Å². The maximum Gasteiger partial charge on any atom is 0.174 e. The third kappa shape index (κ3) is 3.39. The Morgan fingerprint density at radius 2 is 1.37 bits per heavy atom. The van der Waals surface area contributed by atoms with Crippen molar-refractivity contribution < 1.29 is 0 Å². The molecule has 1 aliphatic heterocycles. The van der Waals surface area contributed by atoms with Gasteiger partial charge in [-0.2, -0.15) is 0 Å². The molecule has 35 heavy (non-hydrogen) atoms. The lowest BCUT2D eigenvalue weighted by atomic mass is 10.1. The minimum Gasteiger partial charge on any atom is -0.344 e. The Morgan fingerprint density at radius 3 is 2.03 bits per heavy atom. The van der Waals surface area contributed by atoms with E-state index in [4.69, 9.17) is 9.97 Å². The number of fused-ring (bicyclic) bond motifs is 5. The van der Waals surface area contributed by atoms with Gasteiger partial charge >= 0.3 is 0 Å². The first-order valence-electron chi connectivity index (χ1n) is 11.9. The van der Waals surface area contributed by atoms with Gasteiger partial charge in [0.15, 0.2) is 11.6 Å². The number of anilines is 2. The number of hydrogen-bond donors (Lipinski definition) is 0. The van der Waals surface area contributed by atoms with Crippen molar-refractivity contribution in [3.8, 4) is 0 Å². The van der Waals surface area contributed by atoms with E-state index in [0.29, 0.717) is 13.1 Å². The lowest BCUT2D eigenvalue weighted by Gasteiger charge is -2.28. The Balaban J connectivity index is 1.43. The first-order valence-corrected chi connectivity index (χ1v) is 11.9. The maximum atomic E-state index is 4.97. The van der Waals surface area contributed by atoms with Crippen LogP contribution >= 0.6 is 0 Å². The van der Waals surface area contributed by atoms with Crippen LogP contribution in [-0.4, -0.2) is 33.8 Å². The minimum absolute atomic E-state index is 0.0407. The summed E-state index contributed by atoms with van der Waals surface area (Å²) in [6.45, 7) is 9.33. The summed E-state index contributed by atoms with van der Waals surface area (Å²) in [6.07, 6.45) is 8.22. The highest BCUT2D eigenvalue weighted by atomic mass is 15.5. The summed E-state index contributed by atoms with van der Waals surface area (Å²) in [7, 11) is 2.13. The smallest absolute Gasteiger partial charge is 0.174 e. The van der Waals surface area contributed by atoms with Gasteiger partial charge in [-0.1, -0.05) is 54.6 Å². The zero-order chi connectivity index (χ0) is 23.9. The molecule has 0 aliphatic carbocycles. The first kappa shape index (κ1) is 21.2. The monoisotopic (exact) mass is 457 g/mol. The van der Waals surface area contributed by atoms with Gasteiger partial charge in [-0.15, -0.1) is 13.2 Å². The average Bonchev–Trinajstić information content (AvgIpc) is 3.33. The molecule has 172 valence electrons. The molecule has 0 bridgehead atoms. The van der Waals surface area contributed by atoms with Crippen LogP contribution in [0.3, 0.4) is 0 Å². The lowest BCUT2D eigenvalue weighted by Crippen LogP contribution is -2.42. The highest BCUT2D eigenvalue weighted by molar-refractivity contribution is 6.08. The summed E-state index contributed by atoms with van der Waals surface area (Å²) in [5, 5.41) is 2.54. The third-order valence-corrected chi connectivity index (χ3v) is 6.77. The van der Waals surface area contributed by atoms with Crippen molar-refractivity contribution in [2.75, 3.05) is 22.9 Å². The van der Waals surface area contributed by atoms with E-state index in [0.717, 1.165) is 28.2 Å². The van der Waals surface area contributed by atoms with Crippen LogP contribution in [0.5, 0.6) is 0 Å². The van der Waals surface area contributed by atoms with E-state index in [1.807, 2.05) is 36.4 Å². The van der Waals surface area contributed by atoms with Gasteiger partial charge in [-0.05, 0) is 42.0 Å². The standard InChI is InChI=1S/C30H27N5/c1-4-18-34-28(35(19-5-2)30-29(34)31-24-11-7-8-12-25(24)32-30)17-15-21-14-16-27-23(20-21)22-10-6-9-13-26(22)33(27)3/h4-17,20,28H,1-2,18-19H2,3H3. The van der Waals surface area contributed by atoms with Crippen molar-refractivity contribution in [2.45, 2.75) is 6.17 Å². The predicted octanol–water partition coefficient (Wildman–Crippen LogP) is 6.31. The van der Waals surface area contributed by atoms with E-state index in [9.17, 15) is 0 Å². The molecule has 5 aromatic rings. The molecule has 3 heterocycles. The molecule has 0 amide bonds. The van der Waals surface area contributed by atoms with Crippen molar-refractivity contribution in [1.29, 1.82) is 0 Å². The van der Waals surface area contributed by atoms with Crippen LogP contribution in [0.1, 0.15) is 5.56 Å². The molecule has 0 unspecified atom stereocenters. The van der Waals surface area contributed by atoms with Crippen LogP contribution in [0.2, 0.25) is 0 Å². The Morgan fingerprint density at radius 1 is 0.771 bits per heavy atom. The van der Waals surface area contributed by atoms with Crippen molar-refractivity contribution in [2.24, 2.45) is 7.05 Å². The molecule has 0 atom stereocenters. The molecule has 5 heteroatoms. The Hall–Kier alpha value is -4.38. The zero-order valence-electron chi connectivity index (χ0n) is 19.8. The Labute approximate surface area is 204 Å². The van der Waals surface area contributed by atoms with Gasteiger partial charge in [-0.25, -0.2) is 9.97 Å². The average molecular weight is 458 g/mol. The summed E-state index contributed by atoms with van der Waals surface area (Å²) in [5.41, 5.74) is 5.43.